The Balaban J connectivity index is 0. The number of benzene rings is 1. The summed E-state index contributed by atoms with van der Waals surface area (Å²) in [5, 5.41) is 17.4. The first-order valence-corrected chi connectivity index (χ1v) is 6.58. The van der Waals surface area contributed by atoms with E-state index in [1.54, 1.807) is 12.1 Å². The lowest BCUT2D eigenvalue weighted by Gasteiger charge is -2.24. The monoisotopic (exact) mass is 376 g/mol. The number of aliphatic carboxylic acids is 2. The summed E-state index contributed by atoms with van der Waals surface area (Å²) >= 11 is 0. The van der Waals surface area contributed by atoms with Crippen molar-refractivity contribution in [2.75, 3.05) is 14.2 Å². The maximum Gasteiger partial charge on any atom is 0.328 e. The zero-order valence-corrected chi connectivity index (χ0v) is 15.5. The number of nitrogens with zero attached hydrogens (tertiary/aromatic N) is 1. The van der Waals surface area contributed by atoms with Gasteiger partial charge in [0, 0.05) is 26.3 Å². The molecule has 0 saturated carbocycles. The number of carboxylic acid groups (broad SMARTS) is 2. The second-order valence-corrected chi connectivity index (χ2v) is 4.80. The molecule has 0 radical (unpaired) electrons. The Morgan fingerprint density at radius 1 is 1.21 bits per heavy atom. The molecule has 0 aromatic heterocycles. The lowest BCUT2D eigenvalue weighted by Crippen LogP contribution is -2.40. The average molecular weight is 377 g/mol. The van der Waals surface area contributed by atoms with Gasteiger partial charge in [-0.25, -0.2) is 14.6 Å². The average Bonchev–Trinajstić information content (AvgIpc) is 2.84. The third-order valence-electron chi connectivity index (χ3n) is 3.29. The Bertz CT molecular complexity index is 551. The highest BCUT2D eigenvalue weighted by atomic mass is 32.1. The van der Waals surface area contributed by atoms with E-state index in [1.165, 1.54) is 11.1 Å². The number of hydrazine groups is 1. The molecule has 0 heterocycles. The van der Waals surface area contributed by atoms with Gasteiger partial charge in [-0.3, -0.25) is 5.84 Å². The second-order valence-electron chi connectivity index (χ2n) is 4.80. The molecule has 7 nitrogen and oxygen atoms in total. The van der Waals surface area contributed by atoms with Crippen LogP contribution in [0.4, 0.5) is 0 Å². The second kappa shape index (κ2) is 11.9. The molecule has 136 valence electrons. The predicted octanol–water partition coefficient (Wildman–Crippen LogP) is 1.04. The van der Waals surface area contributed by atoms with Crippen LogP contribution in [0.15, 0.2) is 36.4 Å². The molecule has 24 heavy (non-hydrogen) atoms. The molecule has 0 bridgehead atoms. The van der Waals surface area contributed by atoms with Crippen LogP contribution < -0.4 is 5.84 Å². The Morgan fingerprint density at radius 3 is 2.12 bits per heavy atom. The van der Waals surface area contributed by atoms with Crippen molar-refractivity contribution >= 4 is 38.9 Å². The van der Waals surface area contributed by atoms with Crippen LogP contribution >= 0.6 is 27.0 Å². The first kappa shape index (κ1) is 24.7. The van der Waals surface area contributed by atoms with Crippen LogP contribution in [0.2, 0.25) is 0 Å². The summed E-state index contributed by atoms with van der Waals surface area (Å²) in [5.74, 6) is 3.28. The summed E-state index contributed by atoms with van der Waals surface area (Å²) in [4.78, 5) is 19.1. The minimum atomic E-state index is -1.26. The highest BCUT2D eigenvalue weighted by Crippen LogP contribution is 2.35. The lowest BCUT2D eigenvalue weighted by molar-refractivity contribution is -0.134. The van der Waals surface area contributed by atoms with Crippen LogP contribution in [0.25, 0.3) is 0 Å². The first-order chi connectivity index (χ1) is 10.4. The van der Waals surface area contributed by atoms with Crippen molar-refractivity contribution < 1.29 is 24.5 Å². The van der Waals surface area contributed by atoms with Crippen LogP contribution in [0.1, 0.15) is 17.2 Å². The third kappa shape index (κ3) is 7.37. The van der Waals surface area contributed by atoms with Crippen LogP contribution in [-0.4, -0.2) is 47.4 Å². The molecular weight excluding hydrogens is 352 g/mol. The Labute approximate surface area is 155 Å². The molecule has 1 aliphatic carbocycles. The Kier molecular flexibility index (Phi) is 12.3. The molecule has 0 fully saturated rings. The fraction of sp³-hybridized carbons (Fsp3) is 0.333. The summed E-state index contributed by atoms with van der Waals surface area (Å²) in [5.41, 5.74) is 2.62. The maximum atomic E-state index is 9.55. The summed E-state index contributed by atoms with van der Waals surface area (Å²) in [6, 6.07) is 8.63. The van der Waals surface area contributed by atoms with Gasteiger partial charge in [0.05, 0.1) is 12.1 Å². The van der Waals surface area contributed by atoms with E-state index in [0.29, 0.717) is 12.2 Å². The Morgan fingerprint density at radius 2 is 1.71 bits per heavy atom. The highest BCUT2D eigenvalue weighted by Gasteiger charge is 2.33. The predicted molar refractivity (Wildman–Crippen MR) is 101 cm³/mol. The highest BCUT2D eigenvalue weighted by molar-refractivity contribution is 7.59. The number of hydrogen-bond acceptors (Lipinski definition) is 5. The van der Waals surface area contributed by atoms with E-state index in [4.69, 9.17) is 20.8 Å². The van der Waals surface area contributed by atoms with Gasteiger partial charge >= 0.3 is 11.9 Å². The summed E-state index contributed by atoms with van der Waals surface area (Å²) in [7, 11) is 3.63. The molecule has 0 saturated heterocycles. The van der Waals surface area contributed by atoms with Crippen LogP contribution in [0.5, 0.6) is 0 Å². The fourth-order valence-electron chi connectivity index (χ4n) is 2.32. The van der Waals surface area contributed by atoms with Crippen molar-refractivity contribution in [2.24, 2.45) is 5.84 Å². The van der Waals surface area contributed by atoms with Crippen LogP contribution in [-0.2, 0) is 20.7 Å². The normalized spacial score (nSPS) is 18.0. The largest absolute Gasteiger partial charge is 0.478 e. The minimum Gasteiger partial charge on any atom is -0.478 e. The van der Waals surface area contributed by atoms with E-state index in [1.807, 2.05) is 13.1 Å². The minimum absolute atomic E-state index is 0. The van der Waals surface area contributed by atoms with E-state index in [0.717, 1.165) is 6.42 Å². The maximum absolute atomic E-state index is 9.55. The quantitative estimate of drug-likeness (QED) is 0.409. The van der Waals surface area contributed by atoms with Crippen molar-refractivity contribution in [3.8, 4) is 0 Å². The molecule has 4 N–H and O–H groups in total. The summed E-state index contributed by atoms with van der Waals surface area (Å²) < 4.78 is 5.49. The van der Waals surface area contributed by atoms with Crippen molar-refractivity contribution in [2.45, 2.75) is 18.6 Å². The van der Waals surface area contributed by atoms with Crippen molar-refractivity contribution in [1.82, 2.24) is 5.01 Å². The number of ether oxygens (including phenoxy) is 1. The smallest absolute Gasteiger partial charge is 0.328 e. The van der Waals surface area contributed by atoms with E-state index in [-0.39, 0.29) is 39.1 Å². The molecule has 1 aliphatic rings. The number of fused-ring (bicyclic) bond motifs is 1. The fourth-order valence-corrected chi connectivity index (χ4v) is 2.32. The SMILES string of the molecule is COC1c2ccccc2CC1N(C)N.O=C(O)/C=C\C(=O)O.S.S. The number of hydrogen-bond donors (Lipinski definition) is 3. The van der Waals surface area contributed by atoms with Gasteiger partial charge in [0.2, 0.25) is 0 Å². The molecule has 0 amide bonds. The zero-order valence-electron chi connectivity index (χ0n) is 13.5. The molecule has 0 spiro atoms. The summed E-state index contributed by atoms with van der Waals surface area (Å²) in [6.07, 6.45) is 2.20. The number of likely N-dealkylation sites (N-methyl/N-ethyl adjacent to an activating group) is 1. The van der Waals surface area contributed by atoms with Crippen molar-refractivity contribution in [3.05, 3.63) is 47.5 Å². The van der Waals surface area contributed by atoms with Crippen LogP contribution in [0, 0.1) is 0 Å². The van der Waals surface area contributed by atoms with E-state index in [9.17, 15) is 9.59 Å². The standard InChI is InChI=1S/C11H16N2O.C4H4O4.2H2S/c1-13(12)10-7-8-5-3-4-6-9(8)11(10)14-2;5-3(6)1-2-4(7)8;;/h3-6,10-11H,7,12H2,1-2H3;1-2H,(H,5,6)(H,7,8);2*1H2/b;2-1-;;. The van der Waals surface area contributed by atoms with E-state index in [2.05, 4.69) is 18.2 Å². The van der Waals surface area contributed by atoms with Gasteiger partial charge in [0.25, 0.3) is 0 Å². The number of rotatable bonds is 4. The van der Waals surface area contributed by atoms with Gasteiger partial charge in [-0.15, -0.1) is 0 Å². The van der Waals surface area contributed by atoms with Crippen LogP contribution in [0.3, 0.4) is 0 Å². The molecule has 2 atom stereocenters. The number of methoxy groups -OCH3 is 1. The first-order valence-electron chi connectivity index (χ1n) is 6.58. The molecule has 9 heteroatoms. The number of carboxylic acids is 2. The Hall–Kier alpha value is -1.52. The van der Waals surface area contributed by atoms with Gasteiger partial charge < -0.3 is 14.9 Å². The number of nitrogens with two attached hydrogens (primary N) is 1. The molecule has 2 rings (SSSR count). The van der Waals surface area contributed by atoms with Gasteiger partial charge in [-0.2, -0.15) is 27.0 Å². The topological polar surface area (TPSA) is 113 Å². The molecule has 0 aliphatic heterocycles. The van der Waals surface area contributed by atoms with Crippen molar-refractivity contribution in [3.63, 3.8) is 0 Å². The molecule has 1 aromatic rings. The molecule has 2 unspecified atom stereocenters. The zero-order chi connectivity index (χ0) is 16.7. The van der Waals surface area contributed by atoms with E-state index < -0.39 is 11.9 Å². The van der Waals surface area contributed by atoms with Gasteiger partial charge in [-0.1, -0.05) is 24.3 Å². The van der Waals surface area contributed by atoms with Gasteiger partial charge in [0.1, 0.15) is 0 Å². The molecule has 1 aromatic carbocycles. The van der Waals surface area contributed by atoms with Gasteiger partial charge in [0.15, 0.2) is 0 Å². The number of carbonyl (C=O) groups is 2. The lowest BCUT2D eigenvalue weighted by atomic mass is 10.1. The summed E-state index contributed by atoms with van der Waals surface area (Å²) in [6.45, 7) is 0. The molecular formula is C15H24N2O5S2. The van der Waals surface area contributed by atoms with E-state index >= 15 is 0 Å². The van der Waals surface area contributed by atoms with Gasteiger partial charge in [-0.05, 0) is 17.5 Å². The van der Waals surface area contributed by atoms with Crippen molar-refractivity contribution in [1.29, 1.82) is 0 Å². The third-order valence-corrected chi connectivity index (χ3v) is 3.29.